The fraction of sp³-hybridized carbons (Fsp3) is 0.345. The van der Waals surface area contributed by atoms with Crippen LogP contribution >= 0.6 is 0 Å². The Hall–Kier alpha value is -4.14. The highest BCUT2D eigenvalue weighted by molar-refractivity contribution is 5.88. The molecule has 0 aliphatic heterocycles. The molecule has 1 aromatic carbocycles. The molecule has 0 fully saturated rings. The third-order valence-electron chi connectivity index (χ3n) is 5.22. The van der Waals surface area contributed by atoms with Crippen molar-refractivity contribution in [1.82, 2.24) is 0 Å². The van der Waals surface area contributed by atoms with Crippen molar-refractivity contribution in [3.05, 3.63) is 77.9 Å². The zero-order valence-corrected chi connectivity index (χ0v) is 22.2. The normalized spacial score (nSPS) is 14.7. The Morgan fingerprint density at radius 3 is 1.87 bits per heavy atom. The van der Waals surface area contributed by atoms with E-state index in [4.69, 9.17) is 23.7 Å². The van der Waals surface area contributed by atoms with E-state index in [2.05, 4.69) is 19.7 Å². The number of hydrogen-bond donors (Lipinski definition) is 0. The second-order valence-electron chi connectivity index (χ2n) is 8.85. The maximum atomic E-state index is 14.9. The van der Waals surface area contributed by atoms with Crippen molar-refractivity contribution in [3.8, 4) is 11.5 Å². The highest BCUT2D eigenvalue weighted by atomic mass is 19.1. The summed E-state index contributed by atoms with van der Waals surface area (Å²) in [6.45, 7) is 16.9. The molecule has 2 rings (SSSR count). The SMILES string of the molecule is C=C(C)C(=O)OCCOc1ccc(C2=CC(F)=C(OC(=O)C(=C)C)[C@H](C)C2)cc1OCCOC(=O)C(=C)C. The molecule has 204 valence electrons. The van der Waals surface area contributed by atoms with Crippen LogP contribution < -0.4 is 9.47 Å². The van der Waals surface area contributed by atoms with Crippen LogP contribution in [-0.2, 0) is 28.6 Å². The summed E-state index contributed by atoms with van der Waals surface area (Å²) in [6, 6.07) is 5.06. The summed E-state index contributed by atoms with van der Waals surface area (Å²) in [5.74, 6) is -2.17. The van der Waals surface area contributed by atoms with Gasteiger partial charge in [-0.25, -0.2) is 18.8 Å². The summed E-state index contributed by atoms with van der Waals surface area (Å²) in [5, 5.41) is 0. The first-order valence-corrected chi connectivity index (χ1v) is 11.9. The van der Waals surface area contributed by atoms with E-state index >= 15 is 0 Å². The van der Waals surface area contributed by atoms with Gasteiger partial charge in [-0.3, -0.25) is 0 Å². The van der Waals surface area contributed by atoms with Crippen LogP contribution in [0.15, 0.2) is 72.3 Å². The molecule has 38 heavy (non-hydrogen) atoms. The van der Waals surface area contributed by atoms with Gasteiger partial charge in [-0.15, -0.1) is 0 Å². The summed E-state index contributed by atoms with van der Waals surface area (Å²) < 4.78 is 41.7. The lowest BCUT2D eigenvalue weighted by molar-refractivity contribution is -0.140. The minimum atomic E-state index is -0.683. The maximum absolute atomic E-state index is 14.9. The van der Waals surface area contributed by atoms with Crippen LogP contribution in [0.1, 0.15) is 39.7 Å². The molecule has 0 aromatic heterocycles. The van der Waals surface area contributed by atoms with E-state index in [1.54, 1.807) is 32.0 Å². The van der Waals surface area contributed by atoms with Crippen LogP contribution in [0.5, 0.6) is 11.5 Å². The predicted octanol–water partition coefficient (Wildman–Crippen LogP) is 5.41. The van der Waals surface area contributed by atoms with Crippen molar-refractivity contribution in [2.75, 3.05) is 26.4 Å². The van der Waals surface area contributed by atoms with Crippen molar-refractivity contribution in [2.45, 2.75) is 34.1 Å². The lowest BCUT2D eigenvalue weighted by Crippen LogP contribution is -2.15. The predicted molar refractivity (Wildman–Crippen MR) is 140 cm³/mol. The zero-order valence-electron chi connectivity index (χ0n) is 22.2. The molecule has 9 heteroatoms. The van der Waals surface area contributed by atoms with Gasteiger partial charge in [0.1, 0.15) is 32.2 Å². The fourth-order valence-corrected chi connectivity index (χ4v) is 3.24. The smallest absolute Gasteiger partial charge is 0.338 e. The van der Waals surface area contributed by atoms with Gasteiger partial charge in [-0.2, -0.15) is 0 Å². The Labute approximate surface area is 222 Å². The van der Waals surface area contributed by atoms with Crippen LogP contribution in [0, 0.1) is 5.92 Å². The van der Waals surface area contributed by atoms with Gasteiger partial charge in [0.05, 0.1) is 0 Å². The third-order valence-corrected chi connectivity index (χ3v) is 5.22. The number of carbonyl (C=O) groups excluding carboxylic acids is 3. The first kappa shape index (κ1) is 30.1. The zero-order chi connectivity index (χ0) is 28.4. The monoisotopic (exact) mass is 528 g/mol. The Kier molecular flexibility index (Phi) is 11.1. The number of halogens is 1. The van der Waals surface area contributed by atoms with Gasteiger partial charge >= 0.3 is 17.9 Å². The quantitative estimate of drug-likeness (QED) is 0.145. The van der Waals surface area contributed by atoms with Gasteiger partial charge < -0.3 is 23.7 Å². The molecular formula is C29H33FO8. The van der Waals surface area contributed by atoms with E-state index in [1.165, 1.54) is 19.9 Å². The van der Waals surface area contributed by atoms with E-state index in [0.29, 0.717) is 29.1 Å². The van der Waals surface area contributed by atoms with E-state index in [-0.39, 0.29) is 48.9 Å². The fourth-order valence-electron chi connectivity index (χ4n) is 3.24. The molecule has 8 nitrogen and oxygen atoms in total. The van der Waals surface area contributed by atoms with Crippen LogP contribution in [0.2, 0.25) is 0 Å². The second-order valence-corrected chi connectivity index (χ2v) is 8.85. The molecule has 1 aliphatic rings. The van der Waals surface area contributed by atoms with Crippen molar-refractivity contribution in [1.29, 1.82) is 0 Å². The number of ether oxygens (including phenoxy) is 5. The molecule has 0 N–H and O–H groups in total. The molecule has 0 unspecified atom stereocenters. The lowest BCUT2D eigenvalue weighted by Gasteiger charge is -2.23. The molecule has 0 amide bonds. The van der Waals surface area contributed by atoms with E-state index < -0.39 is 29.7 Å². The molecule has 0 spiro atoms. The molecule has 0 bridgehead atoms. The van der Waals surface area contributed by atoms with Gasteiger partial charge in [-0.1, -0.05) is 32.7 Å². The number of carbonyl (C=O) groups is 3. The Bertz CT molecular complexity index is 1190. The Morgan fingerprint density at radius 2 is 1.37 bits per heavy atom. The number of hydrogen-bond acceptors (Lipinski definition) is 8. The number of esters is 3. The van der Waals surface area contributed by atoms with Crippen LogP contribution in [0.25, 0.3) is 5.57 Å². The van der Waals surface area contributed by atoms with E-state index in [1.807, 2.05) is 0 Å². The van der Waals surface area contributed by atoms with Gasteiger partial charge in [0, 0.05) is 22.6 Å². The average Bonchev–Trinajstić information content (AvgIpc) is 2.86. The largest absolute Gasteiger partial charge is 0.486 e. The summed E-state index contributed by atoms with van der Waals surface area (Å²) in [7, 11) is 0. The van der Waals surface area contributed by atoms with Crippen LogP contribution in [-0.4, -0.2) is 44.3 Å². The van der Waals surface area contributed by atoms with Gasteiger partial charge in [-0.05, 0) is 56.5 Å². The second kappa shape index (κ2) is 14.0. The van der Waals surface area contributed by atoms with Crippen molar-refractivity contribution < 1.29 is 42.5 Å². The Morgan fingerprint density at radius 1 is 0.842 bits per heavy atom. The summed E-state index contributed by atoms with van der Waals surface area (Å²) in [4.78, 5) is 35.1. The maximum Gasteiger partial charge on any atom is 0.338 e. The van der Waals surface area contributed by atoms with Crippen LogP contribution in [0.4, 0.5) is 4.39 Å². The molecule has 0 saturated heterocycles. The van der Waals surface area contributed by atoms with Crippen molar-refractivity contribution >= 4 is 23.5 Å². The van der Waals surface area contributed by atoms with E-state index in [9.17, 15) is 18.8 Å². The van der Waals surface area contributed by atoms with Crippen LogP contribution in [0.3, 0.4) is 0 Å². The summed E-state index contributed by atoms with van der Waals surface area (Å²) in [6.07, 6.45) is 1.71. The molecule has 0 saturated carbocycles. The third kappa shape index (κ3) is 8.76. The molecule has 0 radical (unpaired) electrons. The molecule has 1 aliphatic carbocycles. The standard InChI is InChI=1S/C29H33FO8/c1-17(2)27(31)36-12-10-34-24-9-8-21(16-25(24)35-11-13-37-28(32)18(3)4)22-14-20(7)26(23(30)15-22)38-29(33)19(5)6/h8-9,15-16,20H,1,3,5,10-14H2,2,4,6-7H3/t20-/m1/s1. The first-order chi connectivity index (χ1) is 17.9. The summed E-state index contributed by atoms with van der Waals surface area (Å²) in [5.41, 5.74) is 2.03. The van der Waals surface area contributed by atoms with Crippen molar-refractivity contribution in [2.24, 2.45) is 5.92 Å². The molecule has 1 aromatic rings. The van der Waals surface area contributed by atoms with E-state index in [0.717, 1.165) is 0 Å². The van der Waals surface area contributed by atoms with Gasteiger partial charge in [0.2, 0.25) is 0 Å². The van der Waals surface area contributed by atoms with Gasteiger partial charge in [0.15, 0.2) is 17.3 Å². The Balaban J connectivity index is 2.23. The highest BCUT2D eigenvalue weighted by Crippen LogP contribution is 2.39. The average molecular weight is 529 g/mol. The lowest BCUT2D eigenvalue weighted by atomic mass is 9.89. The molecule has 1 atom stereocenters. The number of rotatable bonds is 13. The van der Waals surface area contributed by atoms with Crippen molar-refractivity contribution in [3.63, 3.8) is 0 Å². The molecule has 0 heterocycles. The first-order valence-electron chi connectivity index (χ1n) is 11.9. The highest BCUT2D eigenvalue weighted by Gasteiger charge is 2.26. The number of allylic oxidation sites excluding steroid dienone is 4. The number of benzene rings is 1. The minimum absolute atomic E-state index is 0.00649. The minimum Gasteiger partial charge on any atom is -0.486 e. The summed E-state index contributed by atoms with van der Waals surface area (Å²) >= 11 is 0. The molecular weight excluding hydrogens is 495 g/mol. The van der Waals surface area contributed by atoms with Gasteiger partial charge in [0.25, 0.3) is 0 Å². The topological polar surface area (TPSA) is 97.4 Å².